The zero-order chi connectivity index (χ0) is 14.5. The third-order valence-electron chi connectivity index (χ3n) is 2.68. The second kappa shape index (κ2) is 5.97. The molecule has 2 rings (SSSR count). The molecule has 0 aliphatic heterocycles. The van der Waals surface area contributed by atoms with Crippen LogP contribution >= 0.6 is 0 Å². The Morgan fingerprint density at radius 3 is 2.85 bits per heavy atom. The average Bonchev–Trinajstić information content (AvgIpc) is 2.42. The first-order valence-electron chi connectivity index (χ1n) is 5.97. The summed E-state index contributed by atoms with van der Waals surface area (Å²) in [4.78, 5) is 23.0. The van der Waals surface area contributed by atoms with Crippen molar-refractivity contribution in [3.8, 4) is 0 Å². The molecule has 0 spiro atoms. The minimum Gasteiger partial charge on any atom is -0.321 e. The molecule has 0 saturated heterocycles. The van der Waals surface area contributed by atoms with Gasteiger partial charge in [0.2, 0.25) is 5.91 Å². The van der Waals surface area contributed by atoms with Gasteiger partial charge in [0.1, 0.15) is 5.82 Å². The zero-order valence-corrected chi connectivity index (χ0v) is 10.7. The third-order valence-corrected chi connectivity index (χ3v) is 2.68. The van der Waals surface area contributed by atoms with Gasteiger partial charge in [0.25, 0.3) is 5.56 Å². The normalized spacial score (nSPS) is 10.1. The van der Waals surface area contributed by atoms with Gasteiger partial charge in [-0.3, -0.25) is 9.59 Å². The predicted molar refractivity (Wildman–Crippen MR) is 75.0 cm³/mol. The Labute approximate surface area is 115 Å². The quantitative estimate of drug-likeness (QED) is 0.867. The molecule has 0 fully saturated rings. The average molecular weight is 272 g/mol. The van der Waals surface area contributed by atoms with Crippen LogP contribution in [0.25, 0.3) is 0 Å². The Balaban J connectivity index is 2.27. The number of amides is 1. The number of halogens is 1. The van der Waals surface area contributed by atoms with Gasteiger partial charge in [-0.15, -0.1) is 0 Å². The molecule has 0 aliphatic rings. The summed E-state index contributed by atoms with van der Waals surface area (Å²) in [5, 5.41) is 2.57. The predicted octanol–water partition coefficient (Wildman–Crippen LogP) is 2.16. The molecule has 1 N–H and O–H groups in total. The molecule has 2 aromatic rings. The van der Waals surface area contributed by atoms with Crippen LogP contribution in [-0.2, 0) is 11.3 Å². The lowest BCUT2D eigenvalue weighted by atomic mass is 10.2. The van der Waals surface area contributed by atoms with Crippen LogP contribution < -0.4 is 10.9 Å². The van der Waals surface area contributed by atoms with E-state index in [9.17, 15) is 14.0 Å². The first-order valence-corrected chi connectivity index (χ1v) is 5.97. The largest absolute Gasteiger partial charge is 0.321 e. The molecule has 0 saturated carbocycles. The van der Waals surface area contributed by atoms with E-state index in [-0.39, 0.29) is 23.8 Å². The first kappa shape index (κ1) is 13.7. The number of aromatic nitrogens is 1. The molecular weight excluding hydrogens is 259 g/mol. The van der Waals surface area contributed by atoms with Crippen molar-refractivity contribution >= 4 is 11.6 Å². The van der Waals surface area contributed by atoms with Crippen molar-refractivity contribution in [3.05, 3.63) is 77.0 Å². The lowest BCUT2D eigenvalue weighted by molar-refractivity contribution is -0.111. The molecule has 0 atom stereocenters. The van der Waals surface area contributed by atoms with E-state index in [1.54, 1.807) is 12.1 Å². The van der Waals surface area contributed by atoms with Crippen molar-refractivity contribution in [2.24, 2.45) is 0 Å². The maximum atomic E-state index is 13.1. The van der Waals surface area contributed by atoms with Gasteiger partial charge < -0.3 is 9.88 Å². The maximum absolute atomic E-state index is 13.1. The van der Waals surface area contributed by atoms with Crippen molar-refractivity contribution in [1.82, 2.24) is 4.57 Å². The Bertz CT molecular complexity index is 707. The zero-order valence-electron chi connectivity index (χ0n) is 10.7. The number of carbonyl (C=O) groups excluding carboxylic acids is 1. The standard InChI is InChI=1S/C15H13FN2O2/c1-2-14(19)17-13-6-7-15(20)18(10-13)9-11-4-3-5-12(16)8-11/h2-8,10H,1,9H2,(H,17,19). The fourth-order valence-corrected chi connectivity index (χ4v) is 1.75. The Hall–Kier alpha value is -2.69. The molecule has 0 aliphatic carbocycles. The smallest absolute Gasteiger partial charge is 0.250 e. The minimum absolute atomic E-state index is 0.231. The highest BCUT2D eigenvalue weighted by molar-refractivity contribution is 5.98. The van der Waals surface area contributed by atoms with Crippen molar-refractivity contribution in [2.75, 3.05) is 5.32 Å². The van der Waals surface area contributed by atoms with Gasteiger partial charge in [0.05, 0.1) is 12.2 Å². The van der Waals surface area contributed by atoms with Crippen LogP contribution in [0.2, 0.25) is 0 Å². The second-order valence-corrected chi connectivity index (χ2v) is 4.21. The van der Waals surface area contributed by atoms with Crippen LogP contribution in [0, 0.1) is 5.82 Å². The van der Waals surface area contributed by atoms with Crippen molar-refractivity contribution in [1.29, 1.82) is 0 Å². The summed E-state index contributed by atoms with van der Waals surface area (Å²) in [6.45, 7) is 3.58. The molecule has 4 nitrogen and oxygen atoms in total. The van der Waals surface area contributed by atoms with Crippen LogP contribution in [0.1, 0.15) is 5.56 Å². The third kappa shape index (κ3) is 3.41. The maximum Gasteiger partial charge on any atom is 0.250 e. The van der Waals surface area contributed by atoms with Gasteiger partial charge in [0, 0.05) is 12.3 Å². The Morgan fingerprint density at radius 1 is 1.35 bits per heavy atom. The Morgan fingerprint density at radius 2 is 2.15 bits per heavy atom. The SMILES string of the molecule is C=CC(=O)Nc1ccc(=O)n(Cc2cccc(F)c2)c1. The number of hydrogen-bond donors (Lipinski definition) is 1. The summed E-state index contributed by atoms with van der Waals surface area (Å²) in [5.41, 5.74) is 0.913. The summed E-state index contributed by atoms with van der Waals surface area (Å²) >= 11 is 0. The number of nitrogens with zero attached hydrogens (tertiary/aromatic N) is 1. The summed E-state index contributed by atoms with van der Waals surface area (Å²) in [5.74, 6) is -0.715. The topological polar surface area (TPSA) is 51.1 Å². The van der Waals surface area contributed by atoms with Gasteiger partial charge >= 0.3 is 0 Å². The van der Waals surface area contributed by atoms with Crippen molar-refractivity contribution in [2.45, 2.75) is 6.54 Å². The highest BCUT2D eigenvalue weighted by Gasteiger charge is 2.03. The van der Waals surface area contributed by atoms with Crippen LogP contribution in [0.15, 0.2) is 60.0 Å². The molecule has 0 bridgehead atoms. The van der Waals surface area contributed by atoms with Crippen molar-refractivity contribution in [3.63, 3.8) is 0 Å². The minimum atomic E-state index is -0.360. The van der Waals surface area contributed by atoms with Crippen LogP contribution in [0.5, 0.6) is 0 Å². The fourth-order valence-electron chi connectivity index (χ4n) is 1.75. The molecule has 1 aromatic heterocycles. The fraction of sp³-hybridized carbons (Fsp3) is 0.0667. The number of hydrogen-bond acceptors (Lipinski definition) is 2. The van der Waals surface area contributed by atoms with Crippen LogP contribution in [0.4, 0.5) is 10.1 Å². The van der Waals surface area contributed by atoms with Gasteiger partial charge in [-0.05, 0) is 29.8 Å². The van der Waals surface area contributed by atoms with E-state index >= 15 is 0 Å². The van der Waals surface area contributed by atoms with E-state index < -0.39 is 0 Å². The molecule has 1 amide bonds. The number of rotatable bonds is 4. The number of benzene rings is 1. The lowest BCUT2D eigenvalue weighted by Crippen LogP contribution is -2.20. The molecule has 1 heterocycles. The van der Waals surface area contributed by atoms with Gasteiger partial charge in [-0.2, -0.15) is 0 Å². The lowest BCUT2D eigenvalue weighted by Gasteiger charge is -2.09. The van der Waals surface area contributed by atoms with E-state index in [0.29, 0.717) is 11.3 Å². The molecule has 0 radical (unpaired) electrons. The van der Waals surface area contributed by atoms with Gasteiger partial charge in [-0.1, -0.05) is 18.7 Å². The number of nitrogens with one attached hydrogen (secondary N) is 1. The summed E-state index contributed by atoms with van der Waals surface area (Å²) in [7, 11) is 0. The van der Waals surface area contributed by atoms with Gasteiger partial charge in [0.15, 0.2) is 0 Å². The van der Waals surface area contributed by atoms with Crippen LogP contribution in [0.3, 0.4) is 0 Å². The van der Waals surface area contributed by atoms with Crippen LogP contribution in [-0.4, -0.2) is 10.5 Å². The van der Waals surface area contributed by atoms with Crippen molar-refractivity contribution < 1.29 is 9.18 Å². The molecule has 102 valence electrons. The molecule has 5 heteroatoms. The number of pyridine rings is 1. The highest BCUT2D eigenvalue weighted by atomic mass is 19.1. The van der Waals surface area contributed by atoms with E-state index in [0.717, 1.165) is 6.08 Å². The molecule has 1 aromatic carbocycles. The summed E-state index contributed by atoms with van der Waals surface area (Å²) in [6, 6.07) is 8.86. The monoisotopic (exact) mass is 272 g/mol. The first-order chi connectivity index (χ1) is 9.58. The molecule has 20 heavy (non-hydrogen) atoms. The number of anilines is 1. The number of carbonyl (C=O) groups is 1. The van der Waals surface area contributed by atoms with E-state index in [1.165, 1.54) is 35.0 Å². The highest BCUT2D eigenvalue weighted by Crippen LogP contribution is 2.08. The van der Waals surface area contributed by atoms with E-state index in [2.05, 4.69) is 11.9 Å². The van der Waals surface area contributed by atoms with Gasteiger partial charge in [-0.25, -0.2) is 4.39 Å². The summed E-state index contributed by atoms with van der Waals surface area (Å²) in [6.07, 6.45) is 2.65. The van der Waals surface area contributed by atoms with E-state index in [1.807, 2.05) is 0 Å². The second-order valence-electron chi connectivity index (χ2n) is 4.21. The van der Waals surface area contributed by atoms with E-state index in [4.69, 9.17) is 0 Å². The summed E-state index contributed by atoms with van der Waals surface area (Å²) < 4.78 is 14.5. The Kier molecular flexibility index (Phi) is 4.10. The molecular formula is C15H13FN2O2. The molecule has 0 unspecified atom stereocenters.